The fraction of sp³-hybridized carbons (Fsp3) is 0.333. The van der Waals surface area contributed by atoms with Crippen molar-refractivity contribution in [3.05, 3.63) is 11.6 Å². The topological polar surface area (TPSA) is 18.5 Å². The van der Waals surface area contributed by atoms with Crippen molar-refractivity contribution in [3.8, 4) is 11.5 Å². The van der Waals surface area contributed by atoms with Crippen LogP contribution in [0, 0.1) is 6.92 Å². The minimum atomic E-state index is 0.928. The third-order valence-corrected chi connectivity index (χ3v) is 3.27. The quantitative estimate of drug-likeness (QED) is 0.711. The Labute approximate surface area is 75.1 Å². The van der Waals surface area contributed by atoms with E-state index in [0.717, 1.165) is 16.2 Å². The maximum atomic E-state index is 5.27. The molecule has 0 aliphatic heterocycles. The van der Waals surface area contributed by atoms with Gasteiger partial charge in [0.2, 0.25) is 0 Å². The molecule has 2 rings (SSSR count). The Bertz CT molecular complexity index is 391. The van der Waals surface area contributed by atoms with Crippen molar-refractivity contribution in [1.82, 2.24) is 0 Å². The van der Waals surface area contributed by atoms with Crippen molar-refractivity contribution in [1.29, 1.82) is 0 Å². The Morgan fingerprint density at radius 2 is 2.00 bits per heavy atom. The SMILES string of the molecule is COc1cc2sc1c(OC)c2C. The second-order valence-electron chi connectivity index (χ2n) is 2.67. The molecule has 0 aliphatic carbocycles. The summed E-state index contributed by atoms with van der Waals surface area (Å²) in [7, 11) is 3.38. The van der Waals surface area contributed by atoms with Crippen LogP contribution in [0.3, 0.4) is 0 Å². The number of hydrogen-bond donors (Lipinski definition) is 0. The van der Waals surface area contributed by atoms with Gasteiger partial charge >= 0.3 is 0 Å². The van der Waals surface area contributed by atoms with Crippen LogP contribution in [0.15, 0.2) is 6.07 Å². The van der Waals surface area contributed by atoms with Gasteiger partial charge in [0, 0.05) is 10.3 Å². The van der Waals surface area contributed by atoms with Gasteiger partial charge in [0.05, 0.1) is 14.2 Å². The predicted molar refractivity (Wildman–Crippen MR) is 50.9 cm³/mol. The zero-order valence-corrected chi connectivity index (χ0v) is 8.12. The Morgan fingerprint density at radius 1 is 1.25 bits per heavy atom. The van der Waals surface area contributed by atoms with Crippen LogP contribution in [0.1, 0.15) is 5.56 Å². The third kappa shape index (κ3) is 0.799. The van der Waals surface area contributed by atoms with Crippen LogP contribution < -0.4 is 9.47 Å². The van der Waals surface area contributed by atoms with E-state index in [0.29, 0.717) is 0 Å². The molecule has 12 heavy (non-hydrogen) atoms. The molecule has 3 heteroatoms. The van der Waals surface area contributed by atoms with E-state index in [-0.39, 0.29) is 0 Å². The maximum absolute atomic E-state index is 5.27. The maximum Gasteiger partial charge on any atom is 0.144 e. The number of hydrogen-bond acceptors (Lipinski definition) is 3. The lowest BCUT2D eigenvalue weighted by Crippen LogP contribution is -1.87. The van der Waals surface area contributed by atoms with E-state index < -0.39 is 0 Å². The molecule has 2 bridgehead atoms. The van der Waals surface area contributed by atoms with E-state index in [4.69, 9.17) is 9.47 Å². The molecule has 0 aliphatic rings. The number of rotatable bonds is 2. The standard InChI is InChI=1S/C9H10O2S/c1-5-7-4-6(10-2)9(12-7)8(5)11-3/h4H,1-3H3. The molecule has 0 aromatic carbocycles. The summed E-state index contributed by atoms with van der Waals surface area (Å²) in [5.41, 5.74) is 1.22. The highest BCUT2D eigenvalue weighted by atomic mass is 32.1. The number of ether oxygens (including phenoxy) is 2. The first-order chi connectivity index (χ1) is 5.77. The molecular weight excluding hydrogens is 172 g/mol. The molecule has 0 N–H and O–H groups in total. The molecular formula is C9H10O2S. The van der Waals surface area contributed by atoms with E-state index >= 15 is 0 Å². The third-order valence-electron chi connectivity index (χ3n) is 2.04. The molecule has 64 valence electrons. The largest absolute Gasteiger partial charge is 0.495 e. The number of aryl methyl sites for hydroxylation is 1. The lowest BCUT2D eigenvalue weighted by atomic mass is 10.2. The smallest absolute Gasteiger partial charge is 0.144 e. The second kappa shape index (κ2) is 2.52. The summed E-state index contributed by atoms with van der Waals surface area (Å²) in [4.78, 5) is 0. The fourth-order valence-corrected chi connectivity index (χ4v) is 2.60. The first-order valence-corrected chi connectivity index (χ1v) is 4.53. The van der Waals surface area contributed by atoms with Gasteiger partial charge in [-0.2, -0.15) is 0 Å². The van der Waals surface area contributed by atoms with E-state index in [1.807, 2.05) is 0 Å². The highest BCUT2D eigenvalue weighted by Gasteiger charge is 2.17. The zero-order valence-electron chi connectivity index (χ0n) is 7.30. The minimum Gasteiger partial charge on any atom is -0.495 e. The van der Waals surface area contributed by atoms with Crippen LogP contribution in [0.25, 0.3) is 9.40 Å². The van der Waals surface area contributed by atoms with Crippen molar-refractivity contribution < 1.29 is 9.47 Å². The van der Waals surface area contributed by atoms with Gasteiger partial charge in [-0.15, -0.1) is 11.3 Å². The van der Waals surface area contributed by atoms with Crippen LogP contribution >= 0.6 is 11.3 Å². The molecule has 0 radical (unpaired) electrons. The van der Waals surface area contributed by atoms with Crippen molar-refractivity contribution in [2.45, 2.75) is 6.92 Å². The number of fused-ring (bicyclic) bond motifs is 2. The molecule has 2 nitrogen and oxygen atoms in total. The van der Waals surface area contributed by atoms with Crippen molar-refractivity contribution >= 4 is 20.7 Å². The number of thiophene rings is 2. The van der Waals surface area contributed by atoms with Gasteiger partial charge < -0.3 is 9.47 Å². The molecule has 0 saturated heterocycles. The predicted octanol–water partition coefficient (Wildman–Crippen LogP) is 2.66. The average Bonchev–Trinajstić information content (AvgIpc) is 2.61. The summed E-state index contributed by atoms with van der Waals surface area (Å²) in [5, 5.41) is 0. The van der Waals surface area contributed by atoms with Crippen molar-refractivity contribution in [2.24, 2.45) is 0 Å². The summed E-state index contributed by atoms with van der Waals surface area (Å²) < 4.78 is 12.8. The molecule has 0 saturated carbocycles. The number of methoxy groups -OCH3 is 2. The van der Waals surface area contributed by atoms with Crippen LogP contribution in [0.2, 0.25) is 0 Å². The summed E-state index contributed by atoms with van der Waals surface area (Å²) in [6, 6.07) is 2.05. The van der Waals surface area contributed by atoms with Gasteiger partial charge in [0.1, 0.15) is 16.2 Å². The lowest BCUT2D eigenvalue weighted by Gasteiger charge is -2.03. The summed E-state index contributed by atoms with van der Waals surface area (Å²) >= 11 is 1.72. The zero-order chi connectivity index (χ0) is 8.72. The van der Waals surface area contributed by atoms with E-state index in [9.17, 15) is 0 Å². The van der Waals surface area contributed by atoms with Gasteiger partial charge in [-0.25, -0.2) is 0 Å². The Balaban J connectivity index is 2.69. The van der Waals surface area contributed by atoms with Crippen molar-refractivity contribution in [2.75, 3.05) is 14.2 Å². The molecule has 0 atom stereocenters. The lowest BCUT2D eigenvalue weighted by molar-refractivity contribution is 0.404. The molecule has 0 unspecified atom stereocenters. The molecule has 0 amide bonds. The van der Waals surface area contributed by atoms with Gasteiger partial charge in [-0.05, 0) is 13.0 Å². The molecule has 0 spiro atoms. The fourth-order valence-electron chi connectivity index (χ4n) is 1.40. The average molecular weight is 182 g/mol. The van der Waals surface area contributed by atoms with Crippen LogP contribution in [-0.2, 0) is 0 Å². The van der Waals surface area contributed by atoms with Crippen LogP contribution in [-0.4, -0.2) is 14.2 Å². The summed E-state index contributed by atoms with van der Waals surface area (Å²) in [5.74, 6) is 1.90. The highest BCUT2D eigenvalue weighted by molar-refractivity contribution is 7.25. The van der Waals surface area contributed by atoms with Gasteiger partial charge in [-0.3, -0.25) is 0 Å². The Morgan fingerprint density at radius 3 is 2.50 bits per heavy atom. The van der Waals surface area contributed by atoms with Gasteiger partial charge in [-0.1, -0.05) is 0 Å². The molecule has 2 aromatic heterocycles. The van der Waals surface area contributed by atoms with Crippen LogP contribution in [0.4, 0.5) is 0 Å². The highest BCUT2D eigenvalue weighted by Crippen LogP contribution is 2.46. The molecule has 2 aromatic rings. The van der Waals surface area contributed by atoms with Crippen LogP contribution in [0.5, 0.6) is 11.5 Å². The Kier molecular flexibility index (Phi) is 1.61. The normalized spacial score (nSPS) is 10.9. The Hall–Kier alpha value is -0.960. The summed E-state index contributed by atoms with van der Waals surface area (Å²) in [6.45, 7) is 2.07. The first kappa shape index (κ1) is 7.68. The molecule has 2 heterocycles. The molecule has 0 fully saturated rings. The van der Waals surface area contributed by atoms with Gasteiger partial charge in [0.15, 0.2) is 0 Å². The van der Waals surface area contributed by atoms with Gasteiger partial charge in [0.25, 0.3) is 0 Å². The monoisotopic (exact) mass is 182 g/mol. The second-order valence-corrected chi connectivity index (χ2v) is 3.72. The summed E-state index contributed by atoms with van der Waals surface area (Å²) in [6.07, 6.45) is 0. The first-order valence-electron chi connectivity index (χ1n) is 3.71. The minimum absolute atomic E-state index is 0.928. The number of benzene rings is 1. The van der Waals surface area contributed by atoms with Crippen molar-refractivity contribution in [3.63, 3.8) is 0 Å². The van der Waals surface area contributed by atoms with E-state index in [2.05, 4.69) is 13.0 Å². The van der Waals surface area contributed by atoms with E-state index in [1.165, 1.54) is 10.3 Å². The van der Waals surface area contributed by atoms with E-state index in [1.54, 1.807) is 25.6 Å².